The molecule has 27 heavy (non-hydrogen) atoms. The minimum Gasteiger partial charge on any atom is -0.497 e. The van der Waals surface area contributed by atoms with Gasteiger partial charge in [-0.15, -0.1) is 0 Å². The first kappa shape index (κ1) is 20.1. The fraction of sp³-hybridized carbons (Fsp3) is 0.312. The second-order valence-corrected chi connectivity index (χ2v) is 6.11. The maximum Gasteiger partial charge on any atom is 0.312 e. The van der Waals surface area contributed by atoms with Crippen molar-refractivity contribution in [1.82, 2.24) is 20.6 Å². The van der Waals surface area contributed by atoms with Crippen LogP contribution in [0.2, 0.25) is 0 Å². The number of methoxy groups -OCH3 is 1. The summed E-state index contributed by atoms with van der Waals surface area (Å²) in [5.41, 5.74) is 6.19. The number of thiocarbonyl (C=S) groups is 1. The molecular formula is C16H20N6O4S. The minimum absolute atomic E-state index is 0.0992. The minimum atomic E-state index is -0.774. The third kappa shape index (κ3) is 4.70. The van der Waals surface area contributed by atoms with Gasteiger partial charge in [0.05, 0.1) is 12.0 Å². The first-order chi connectivity index (χ1) is 12.7. The summed E-state index contributed by atoms with van der Waals surface area (Å²) in [5.74, 6) is 0.205. The quantitative estimate of drug-likeness (QED) is 0.401. The molecule has 0 radical (unpaired) electrons. The predicted octanol–water partition coefficient (Wildman–Crippen LogP) is 2.00. The number of nitro groups is 1. The van der Waals surface area contributed by atoms with Crippen LogP contribution in [-0.2, 0) is 4.79 Å². The lowest BCUT2D eigenvalue weighted by molar-refractivity contribution is -0.386. The lowest BCUT2D eigenvalue weighted by Gasteiger charge is -2.16. The Balaban J connectivity index is 1.97. The average molecular weight is 392 g/mol. The number of hydrazine groups is 1. The van der Waals surface area contributed by atoms with Gasteiger partial charge in [0, 0.05) is 11.8 Å². The molecule has 1 aromatic carbocycles. The van der Waals surface area contributed by atoms with E-state index in [9.17, 15) is 14.9 Å². The van der Waals surface area contributed by atoms with E-state index in [2.05, 4.69) is 21.3 Å². The maximum absolute atomic E-state index is 12.3. The summed E-state index contributed by atoms with van der Waals surface area (Å²) in [6.07, 6.45) is 0. The summed E-state index contributed by atoms with van der Waals surface area (Å²) in [6.45, 7) is 4.65. The Kier molecular flexibility index (Phi) is 6.29. The van der Waals surface area contributed by atoms with Crippen LogP contribution in [0.15, 0.2) is 24.3 Å². The van der Waals surface area contributed by atoms with Crippen LogP contribution >= 0.6 is 12.2 Å². The highest BCUT2D eigenvalue weighted by atomic mass is 32.1. The molecule has 0 spiro atoms. The Morgan fingerprint density at radius 1 is 1.37 bits per heavy atom. The standard InChI is InChI=1S/C16H20N6O4S/c1-9-14(22(24)25)10(2)21(20-9)11(3)15(23)18-19-16(27)17-12-6-5-7-13(8-12)26-4/h5-8,11H,1-4H3,(H,18,23)(H2,17,19,27)/t11-/m1/s1. The molecule has 0 bridgehead atoms. The molecule has 10 nitrogen and oxygen atoms in total. The van der Waals surface area contributed by atoms with E-state index in [0.717, 1.165) is 0 Å². The van der Waals surface area contributed by atoms with Crippen molar-refractivity contribution in [2.75, 3.05) is 12.4 Å². The zero-order valence-electron chi connectivity index (χ0n) is 15.3. The molecule has 0 aliphatic rings. The van der Waals surface area contributed by atoms with Crippen LogP contribution in [-0.4, -0.2) is 32.8 Å². The van der Waals surface area contributed by atoms with E-state index < -0.39 is 16.9 Å². The zero-order valence-corrected chi connectivity index (χ0v) is 16.1. The zero-order chi connectivity index (χ0) is 20.1. The molecule has 144 valence electrons. The van der Waals surface area contributed by atoms with Crippen molar-refractivity contribution in [1.29, 1.82) is 0 Å². The fourth-order valence-corrected chi connectivity index (χ4v) is 2.66. The molecule has 1 aromatic heterocycles. The number of carbonyl (C=O) groups excluding carboxylic acids is 1. The second-order valence-electron chi connectivity index (χ2n) is 5.70. The van der Waals surface area contributed by atoms with Crippen molar-refractivity contribution in [3.05, 3.63) is 45.8 Å². The third-order valence-corrected chi connectivity index (χ3v) is 4.05. The van der Waals surface area contributed by atoms with Crippen LogP contribution in [0.3, 0.4) is 0 Å². The van der Waals surface area contributed by atoms with E-state index in [0.29, 0.717) is 17.1 Å². The number of amides is 1. The number of ether oxygens (including phenoxy) is 1. The van der Waals surface area contributed by atoms with Gasteiger partial charge in [-0.05, 0) is 45.1 Å². The molecule has 0 aliphatic heterocycles. The summed E-state index contributed by atoms with van der Waals surface area (Å²) in [5, 5.41) is 18.3. The Bertz CT molecular complexity index is 882. The Morgan fingerprint density at radius 2 is 2.07 bits per heavy atom. The second kappa shape index (κ2) is 8.45. The molecule has 2 rings (SSSR count). The van der Waals surface area contributed by atoms with Gasteiger partial charge >= 0.3 is 5.69 Å². The average Bonchev–Trinajstić information content (AvgIpc) is 2.93. The molecule has 0 unspecified atom stereocenters. The van der Waals surface area contributed by atoms with Gasteiger partial charge in [0.15, 0.2) is 5.11 Å². The van der Waals surface area contributed by atoms with Gasteiger partial charge in [-0.25, -0.2) is 0 Å². The van der Waals surface area contributed by atoms with E-state index >= 15 is 0 Å². The summed E-state index contributed by atoms with van der Waals surface area (Å²) in [7, 11) is 1.56. The Morgan fingerprint density at radius 3 is 2.67 bits per heavy atom. The smallest absolute Gasteiger partial charge is 0.312 e. The number of aromatic nitrogens is 2. The van der Waals surface area contributed by atoms with E-state index in [4.69, 9.17) is 17.0 Å². The maximum atomic E-state index is 12.3. The lowest BCUT2D eigenvalue weighted by atomic mass is 10.3. The number of benzene rings is 1. The number of nitrogens with one attached hydrogen (secondary N) is 3. The van der Waals surface area contributed by atoms with Crippen LogP contribution in [0.4, 0.5) is 11.4 Å². The molecule has 0 saturated carbocycles. The summed E-state index contributed by atoms with van der Waals surface area (Å²) in [4.78, 5) is 22.9. The van der Waals surface area contributed by atoms with E-state index in [1.165, 1.54) is 11.6 Å². The lowest BCUT2D eigenvalue weighted by Crippen LogP contribution is -2.46. The highest BCUT2D eigenvalue weighted by Gasteiger charge is 2.27. The van der Waals surface area contributed by atoms with Crippen LogP contribution < -0.4 is 20.9 Å². The Labute approximate surface area is 161 Å². The summed E-state index contributed by atoms with van der Waals surface area (Å²) in [6, 6.07) is 6.34. The van der Waals surface area contributed by atoms with Crippen molar-refractivity contribution in [2.24, 2.45) is 0 Å². The molecule has 1 heterocycles. The number of aryl methyl sites for hydroxylation is 1. The van der Waals surface area contributed by atoms with Gasteiger partial charge in [-0.1, -0.05) is 6.07 Å². The van der Waals surface area contributed by atoms with Gasteiger partial charge in [0.1, 0.15) is 23.2 Å². The first-order valence-corrected chi connectivity index (χ1v) is 8.36. The van der Waals surface area contributed by atoms with E-state index in [-0.39, 0.29) is 16.5 Å². The largest absolute Gasteiger partial charge is 0.497 e. The van der Waals surface area contributed by atoms with Gasteiger partial charge in [0.2, 0.25) is 0 Å². The van der Waals surface area contributed by atoms with Crippen LogP contribution in [0.5, 0.6) is 5.75 Å². The number of hydrogen-bond donors (Lipinski definition) is 3. The molecule has 3 N–H and O–H groups in total. The van der Waals surface area contributed by atoms with Crippen molar-refractivity contribution < 1.29 is 14.5 Å². The highest BCUT2D eigenvalue weighted by Crippen LogP contribution is 2.24. The van der Waals surface area contributed by atoms with Crippen molar-refractivity contribution >= 4 is 34.6 Å². The molecule has 1 amide bonds. The van der Waals surface area contributed by atoms with Gasteiger partial charge < -0.3 is 10.1 Å². The number of nitrogens with zero attached hydrogens (tertiary/aromatic N) is 3. The van der Waals surface area contributed by atoms with Crippen molar-refractivity contribution in [2.45, 2.75) is 26.8 Å². The molecule has 1 atom stereocenters. The number of hydrogen-bond acceptors (Lipinski definition) is 6. The number of rotatable bonds is 5. The summed E-state index contributed by atoms with van der Waals surface area (Å²) >= 11 is 5.13. The number of anilines is 1. The molecule has 0 saturated heterocycles. The molecule has 11 heteroatoms. The van der Waals surface area contributed by atoms with Crippen molar-refractivity contribution in [3.8, 4) is 5.75 Å². The SMILES string of the molecule is COc1cccc(NC(=S)NNC(=O)[C@@H](C)n2nc(C)c([N+](=O)[O-])c2C)c1. The predicted molar refractivity (Wildman–Crippen MR) is 104 cm³/mol. The molecule has 0 aliphatic carbocycles. The Hall–Kier alpha value is -3.21. The van der Waals surface area contributed by atoms with Gasteiger partial charge in [-0.3, -0.25) is 30.4 Å². The van der Waals surface area contributed by atoms with Crippen LogP contribution in [0.1, 0.15) is 24.4 Å². The van der Waals surface area contributed by atoms with Gasteiger partial charge in [0.25, 0.3) is 5.91 Å². The van der Waals surface area contributed by atoms with Crippen LogP contribution in [0.25, 0.3) is 0 Å². The molecule has 0 fully saturated rings. The highest BCUT2D eigenvalue weighted by molar-refractivity contribution is 7.80. The normalized spacial score (nSPS) is 11.4. The molecular weight excluding hydrogens is 372 g/mol. The molecule has 2 aromatic rings. The monoisotopic (exact) mass is 392 g/mol. The topological polar surface area (TPSA) is 123 Å². The van der Waals surface area contributed by atoms with E-state index in [1.54, 1.807) is 45.2 Å². The van der Waals surface area contributed by atoms with Gasteiger partial charge in [-0.2, -0.15) is 5.10 Å². The fourth-order valence-electron chi connectivity index (χ4n) is 2.49. The van der Waals surface area contributed by atoms with E-state index in [1.807, 2.05) is 0 Å². The number of carbonyl (C=O) groups is 1. The third-order valence-electron chi connectivity index (χ3n) is 3.84. The first-order valence-electron chi connectivity index (χ1n) is 7.95. The van der Waals surface area contributed by atoms with Crippen LogP contribution in [0, 0.1) is 24.0 Å². The summed E-state index contributed by atoms with van der Waals surface area (Å²) < 4.78 is 6.43. The van der Waals surface area contributed by atoms with Crippen molar-refractivity contribution in [3.63, 3.8) is 0 Å².